The number of nitrogens with zero attached hydrogens (tertiary/aromatic N) is 2. The molecule has 0 atom stereocenters. The van der Waals surface area contributed by atoms with Gasteiger partial charge in [0.1, 0.15) is 11.9 Å². The van der Waals surface area contributed by atoms with Gasteiger partial charge in [0.15, 0.2) is 0 Å². The first-order valence-electron chi connectivity index (χ1n) is 4.23. The summed E-state index contributed by atoms with van der Waals surface area (Å²) in [5, 5.41) is 10.3. The van der Waals surface area contributed by atoms with Gasteiger partial charge in [0.2, 0.25) is 0 Å². The maximum Gasteiger partial charge on any atom is 0.145 e. The molecule has 0 spiro atoms. The van der Waals surface area contributed by atoms with E-state index in [1.165, 1.54) is 6.07 Å². The Morgan fingerprint density at radius 2 is 2.21 bits per heavy atom. The van der Waals surface area contributed by atoms with E-state index in [1.807, 2.05) is 14.1 Å². The summed E-state index contributed by atoms with van der Waals surface area (Å²) in [5.74, 6) is -0.440. The van der Waals surface area contributed by atoms with Crippen LogP contribution in [0.25, 0.3) is 0 Å². The van der Waals surface area contributed by atoms with Crippen LogP contribution in [-0.2, 0) is 6.54 Å². The largest absolute Gasteiger partial charge is 0.251 e. The molecule has 0 aliphatic rings. The third-order valence-corrected chi connectivity index (χ3v) is 1.78. The zero-order valence-corrected chi connectivity index (χ0v) is 8.21. The van der Waals surface area contributed by atoms with Crippen LogP contribution < -0.4 is 5.43 Å². The highest BCUT2D eigenvalue weighted by Gasteiger charge is 2.06. The van der Waals surface area contributed by atoms with Gasteiger partial charge in [-0.05, 0) is 6.07 Å². The zero-order valence-electron chi connectivity index (χ0n) is 8.21. The van der Waals surface area contributed by atoms with Crippen molar-refractivity contribution in [3.05, 3.63) is 35.1 Å². The summed E-state index contributed by atoms with van der Waals surface area (Å²) in [6.45, 7) is 0.383. The van der Waals surface area contributed by atoms with E-state index in [1.54, 1.807) is 23.2 Å². The molecule has 1 aromatic rings. The molecule has 0 aliphatic heterocycles. The second-order valence-electron chi connectivity index (χ2n) is 3.12. The third kappa shape index (κ3) is 2.52. The summed E-state index contributed by atoms with van der Waals surface area (Å²) >= 11 is 0. The topological polar surface area (TPSA) is 39.1 Å². The third-order valence-electron chi connectivity index (χ3n) is 1.78. The Hall–Kier alpha value is -1.44. The summed E-state index contributed by atoms with van der Waals surface area (Å²) in [6.07, 6.45) is 0. The molecule has 0 heterocycles. The van der Waals surface area contributed by atoms with E-state index in [9.17, 15) is 4.39 Å². The smallest absolute Gasteiger partial charge is 0.145 e. The molecule has 0 amide bonds. The van der Waals surface area contributed by atoms with Crippen molar-refractivity contribution in [2.24, 2.45) is 0 Å². The molecule has 74 valence electrons. The van der Waals surface area contributed by atoms with E-state index in [2.05, 4.69) is 5.43 Å². The zero-order chi connectivity index (χ0) is 10.6. The number of hydrogen-bond acceptors (Lipinski definition) is 3. The van der Waals surface area contributed by atoms with E-state index >= 15 is 0 Å². The predicted molar refractivity (Wildman–Crippen MR) is 51.6 cm³/mol. The van der Waals surface area contributed by atoms with Crippen LogP contribution in [-0.4, -0.2) is 19.1 Å². The van der Waals surface area contributed by atoms with E-state index < -0.39 is 5.82 Å². The van der Waals surface area contributed by atoms with Crippen LogP contribution in [0.4, 0.5) is 4.39 Å². The fourth-order valence-electron chi connectivity index (χ4n) is 1.05. The molecule has 0 fully saturated rings. The second kappa shape index (κ2) is 4.70. The number of nitriles is 1. The van der Waals surface area contributed by atoms with Crippen LogP contribution >= 0.6 is 0 Å². The molecule has 1 aromatic carbocycles. The predicted octanol–water partition coefficient (Wildman–Crippen LogP) is 1.26. The lowest BCUT2D eigenvalue weighted by Gasteiger charge is -2.12. The molecule has 4 heteroatoms. The van der Waals surface area contributed by atoms with Gasteiger partial charge in [-0.3, -0.25) is 10.4 Å². The van der Waals surface area contributed by atoms with Crippen LogP contribution in [0.5, 0.6) is 0 Å². The van der Waals surface area contributed by atoms with Gasteiger partial charge in [-0.25, -0.2) is 4.39 Å². The van der Waals surface area contributed by atoms with Gasteiger partial charge in [-0.2, -0.15) is 5.26 Å². The summed E-state index contributed by atoms with van der Waals surface area (Å²) in [5.41, 5.74) is 3.52. The molecule has 3 nitrogen and oxygen atoms in total. The molecule has 0 saturated carbocycles. The van der Waals surface area contributed by atoms with Gasteiger partial charge in [-0.1, -0.05) is 12.1 Å². The Kier molecular flexibility index (Phi) is 3.57. The quantitative estimate of drug-likeness (QED) is 0.734. The number of hydrogen-bond donors (Lipinski definition) is 1. The van der Waals surface area contributed by atoms with Crippen molar-refractivity contribution in [3.8, 4) is 6.07 Å². The summed E-state index contributed by atoms with van der Waals surface area (Å²) < 4.78 is 13.4. The number of halogens is 1. The van der Waals surface area contributed by atoms with Crippen molar-refractivity contribution in [3.63, 3.8) is 0 Å². The van der Waals surface area contributed by atoms with E-state index in [4.69, 9.17) is 5.26 Å². The van der Waals surface area contributed by atoms with Crippen molar-refractivity contribution in [2.75, 3.05) is 14.1 Å². The monoisotopic (exact) mass is 193 g/mol. The lowest BCUT2D eigenvalue weighted by molar-refractivity contribution is 0.283. The van der Waals surface area contributed by atoms with Crippen LogP contribution in [0.3, 0.4) is 0 Å². The standard InChI is InChI=1S/C10H12FN3/c1-14(2)13-7-9-5-3-4-8(6-12)10(9)11/h3-5,13H,7H2,1-2H3. The molecule has 1 N–H and O–H groups in total. The lowest BCUT2D eigenvalue weighted by Crippen LogP contribution is -2.30. The normalized spacial score (nSPS) is 10.2. The Morgan fingerprint density at radius 1 is 1.50 bits per heavy atom. The minimum absolute atomic E-state index is 0.0862. The molecule has 0 unspecified atom stereocenters. The van der Waals surface area contributed by atoms with Crippen molar-refractivity contribution < 1.29 is 4.39 Å². The summed E-state index contributed by atoms with van der Waals surface area (Å²) in [4.78, 5) is 0. The highest BCUT2D eigenvalue weighted by atomic mass is 19.1. The number of hydrazine groups is 1. The molecular formula is C10H12FN3. The fraction of sp³-hybridized carbons (Fsp3) is 0.300. The van der Waals surface area contributed by atoms with Gasteiger partial charge in [0.05, 0.1) is 5.56 Å². The summed E-state index contributed by atoms with van der Waals surface area (Å²) in [6, 6.07) is 6.61. The van der Waals surface area contributed by atoms with Crippen LogP contribution in [0, 0.1) is 17.1 Å². The molecule has 0 radical (unpaired) electrons. The maximum atomic E-state index is 13.4. The highest BCUT2D eigenvalue weighted by molar-refractivity contribution is 5.34. The Labute approximate surface area is 82.7 Å². The number of benzene rings is 1. The lowest BCUT2D eigenvalue weighted by atomic mass is 10.1. The van der Waals surface area contributed by atoms with Gasteiger partial charge >= 0.3 is 0 Å². The van der Waals surface area contributed by atoms with Crippen molar-refractivity contribution in [1.29, 1.82) is 5.26 Å². The van der Waals surface area contributed by atoms with Crippen molar-refractivity contribution >= 4 is 0 Å². The molecule has 14 heavy (non-hydrogen) atoms. The molecule has 0 bridgehead atoms. The minimum atomic E-state index is -0.440. The van der Waals surface area contributed by atoms with Gasteiger partial charge in [-0.15, -0.1) is 0 Å². The van der Waals surface area contributed by atoms with Gasteiger partial charge in [0, 0.05) is 26.2 Å². The molecule has 0 aromatic heterocycles. The first kappa shape index (κ1) is 10.6. The Morgan fingerprint density at radius 3 is 2.79 bits per heavy atom. The average Bonchev–Trinajstić information content (AvgIpc) is 2.16. The Bertz CT molecular complexity index is 355. The van der Waals surface area contributed by atoms with Crippen LogP contribution in [0.15, 0.2) is 18.2 Å². The van der Waals surface area contributed by atoms with Gasteiger partial charge < -0.3 is 0 Å². The first-order chi connectivity index (χ1) is 6.65. The number of nitrogens with one attached hydrogen (secondary N) is 1. The van der Waals surface area contributed by atoms with Crippen LogP contribution in [0.1, 0.15) is 11.1 Å². The minimum Gasteiger partial charge on any atom is -0.251 e. The van der Waals surface area contributed by atoms with Crippen LogP contribution in [0.2, 0.25) is 0 Å². The Balaban J connectivity index is 2.83. The molecular weight excluding hydrogens is 181 g/mol. The summed E-state index contributed by atoms with van der Waals surface area (Å²) in [7, 11) is 3.65. The molecule has 0 saturated heterocycles. The second-order valence-corrected chi connectivity index (χ2v) is 3.12. The fourth-order valence-corrected chi connectivity index (χ4v) is 1.05. The SMILES string of the molecule is CN(C)NCc1cccc(C#N)c1F. The van der Waals surface area contributed by atoms with E-state index in [-0.39, 0.29) is 5.56 Å². The average molecular weight is 193 g/mol. The van der Waals surface area contributed by atoms with Crippen molar-refractivity contribution in [2.45, 2.75) is 6.54 Å². The number of rotatable bonds is 3. The maximum absolute atomic E-state index is 13.4. The van der Waals surface area contributed by atoms with E-state index in [0.717, 1.165) is 0 Å². The molecule has 0 aliphatic carbocycles. The highest BCUT2D eigenvalue weighted by Crippen LogP contribution is 2.11. The first-order valence-corrected chi connectivity index (χ1v) is 4.23. The van der Waals surface area contributed by atoms with E-state index in [0.29, 0.717) is 12.1 Å². The van der Waals surface area contributed by atoms with Gasteiger partial charge in [0.25, 0.3) is 0 Å². The van der Waals surface area contributed by atoms with Crippen molar-refractivity contribution in [1.82, 2.24) is 10.4 Å². The molecule has 1 rings (SSSR count).